The van der Waals surface area contributed by atoms with Gasteiger partial charge in [0.05, 0.1) is 18.5 Å². The van der Waals surface area contributed by atoms with Crippen LogP contribution < -0.4 is 5.73 Å². The highest BCUT2D eigenvalue weighted by Gasteiger charge is 2.07. The molecular weight excluding hydrogens is 230 g/mol. The summed E-state index contributed by atoms with van der Waals surface area (Å²) in [5.74, 6) is 5.92. The van der Waals surface area contributed by atoms with E-state index in [0.29, 0.717) is 6.54 Å². The summed E-state index contributed by atoms with van der Waals surface area (Å²) in [5.41, 5.74) is 6.35. The van der Waals surface area contributed by atoms with Gasteiger partial charge in [0.25, 0.3) is 0 Å². The van der Waals surface area contributed by atoms with E-state index in [-0.39, 0.29) is 5.92 Å². The van der Waals surface area contributed by atoms with Crippen LogP contribution in [-0.4, -0.2) is 25.0 Å². The Labute approximate surface area is 107 Å². The quantitative estimate of drug-likeness (QED) is 0.823. The molecule has 0 bridgehead atoms. The number of thiophene rings is 1. The molecule has 0 aromatic carbocycles. The predicted octanol–water partition coefficient (Wildman–Crippen LogP) is 1.65. The maximum atomic E-state index is 8.75. The molecule has 1 unspecified atom stereocenters. The maximum Gasteiger partial charge on any atom is 0.0666 e. The summed E-state index contributed by atoms with van der Waals surface area (Å²) in [6.45, 7) is 3.98. The second-order valence-corrected chi connectivity index (χ2v) is 5.03. The lowest BCUT2D eigenvalue weighted by Crippen LogP contribution is -2.22. The average molecular weight is 247 g/mol. The zero-order valence-electron chi connectivity index (χ0n) is 10.2. The largest absolute Gasteiger partial charge is 0.320 e. The van der Waals surface area contributed by atoms with E-state index in [9.17, 15) is 0 Å². The van der Waals surface area contributed by atoms with Crippen molar-refractivity contribution in [1.29, 1.82) is 5.26 Å². The highest BCUT2D eigenvalue weighted by atomic mass is 32.1. The first-order chi connectivity index (χ1) is 8.15. The Bertz CT molecular complexity index is 447. The van der Waals surface area contributed by atoms with Crippen molar-refractivity contribution in [2.24, 2.45) is 11.7 Å². The number of hydrogen-bond acceptors (Lipinski definition) is 4. The molecule has 1 heterocycles. The van der Waals surface area contributed by atoms with Crippen LogP contribution in [0.5, 0.6) is 0 Å². The van der Waals surface area contributed by atoms with Crippen LogP contribution in [0.3, 0.4) is 0 Å². The van der Waals surface area contributed by atoms with Gasteiger partial charge in [0.1, 0.15) is 0 Å². The minimum Gasteiger partial charge on any atom is -0.320 e. The van der Waals surface area contributed by atoms with Gasteiger partial charge in [-0.25, -0.2) is 0 Å². The molecule has 0 aliphatic rings. The summed E-state index contributed by atoms with van der Waals surface area (Å²) in [4.78, 5) is 3.42. The van der Waals surface area contributed by atoms with Gasteiger partial charge in [-0.3, -0.25) is 0 Å². The average Bonchev–Trinajstić information content (AvgIpc) is 2.73. The highest BCUT2D eigenvalue weighted by molar-refractivity contribution is 7.10. The standard InChI is InChI=1S/C13H17N3S/c1-11(7-15)8-16(2)9-13-6-12(10-17-13)4-3-5-14/h6,10-11H,5,8-9,14H2,1-2H3. The molecule has 0 spiro atoms. The molecule has 2 N–H and O–H groups in total. The van der Waals surface area contributed by atoms with Crippen molar-refractivity contribution in [2.45, 2.75) is 13.5 Å². The summed E-state index contributed by atoms with van der Waals surface area (Å²) in [7, 11) is 2.03. The molecule has 1 aromatic heterocycles. The predicted molar refractivity (Wildman–Crippen MR) is 71.4 cm³/mol. The van der Waals surface area contributed by atoms with Crippen LogP contribution in [0.15, 0.2) is 11.4 Å². The van der Waals surface area contributed by atoms with Crippen LogP contribution in [0.4, 0.5) is 0 Å². The number of nitrogens with zero attached hydrogens (tertiary/aromatic N) is 2. The Morgan fingerprint density at radius 2 is 2.35 bits per heavy atom. The van der Waals surface area contributed by atoms with Gasteiger partial charge in [0, 0.05) is 28.9 Å². The summed E-state index contributed by atoms with van der Waals surface area (Å²) in [6, 6.07) is 4.32. The van der Waals surface area contributed by atoms with E-state index in [2.05, 4.69) is 28.9 Å². The fraction of sp³-hybridized carbons (Fsp3) is 0.462. The Kier molecular flexibility index (Phi) is 5.72. The Morgan fingerprint density at radius 3 is 3.00 bits per heavy atom. The minimum absolute atomic E-state index is 0.0662. The third kappa shape index (κ3) is 5.01. The first-order valence-electron chi connectivity index (χ1n) is 5.50. The van der Waals surface area contributed by atoms with Crippen molar-refractivity contribution in [3.8, 4) is 17.9 Å². The van der Waals surface area contributed by atoms with Crippen molar-refractivity contribution in [3.05, 3.63) is 21.9 Å². The van der Waals surface area contributed by atoms with Gasteiger partial charge < -0.3 is 10.6 Å². The van der Waals surface area contributed by atoms with Gasteiger partial charge in [-0.05, 0) is 20.0 Å². The summed E-state index contributed by atoms with van der Waals surface area (Å²) >= 11 is 1.70. The summed E-state index contributed by atoms with van der Waals surface area (Å²) in [6.07, 6.45) is 0. The van der Waals surface area contributed by atoms with Crippen molar-refractivity contribution >= 4 is 11.3 Å². The molecule has 0 amide bonds. The SMILES string of the molecule is CC(C#N)CN(C)Cc1cc(C#CCN)cs1. The second kappa shape index (κ2) is 7.09. The highest BCUT2D eigenvalue weighted by Crippen LogP contribution is 2.16. The topological polar surface area (TPSA) is 53.0 Å². The Morgan fingerprint density at radius 1 is 1.59 bits per heavy atom. The van der Waals surface area contributed by atoms with Gasteiger partial charge in [-0.15, -0.1) is 11.3 Å². The molecule has 0 aliphatic heterocycles. The molecule has 1 aromatic rings. The lowest BCUT2D eigenvalue weighted by atomic mass is 10.2. The first-order valence-corrected chi connectivity index (χ1v) is 6.38. The molecule has 17 heavy (non-hydrogen) atoms. The van der Waals surface area contributed by atoms with E-state index in [1.54, 1.807) is 11.3 Å². The number of nitriles is 1. The molecule has 1 atom stereocenters. The lowest BCUT2D eigenvalue weighted by molar-refractivity contribution is 0.305. The number of nitrogens with two attached hydrogens (primary N) is 1. The van der Waals surface area contributed by atoms with Crippen molar-refractivity contribution < 1.29 is 0 Å². The van der Waals surface area contributed by atoms with Gasteiger partial charge in [0.15, 0.2) is 0 Å². The van der Waals surface area contributed by atoms with Crippen molar-refractivity contribution in [3.63, 3.8) is 0 Å². The second-order valence-electron chi connectivity index (χ2n) is 4.03. The van der Waals surface area contributed by atoms with E-state index < -0.39 is 0 Å². The zero-order valence-corrected chi connectivity index (χ0v) is 11.0. The molecular formula is C13H17N3S. The fourth-order valence-corrected chi connectivity index (χ4v) is 2.42. The van der Waals surface area contributed by atoms with Crippen LogP contribution in [0.25, 0.3) is 0 Å². The summed E-state index contributed by atoms with van der Waals surface area (Å²) < 4.78 is 0. The third-order valence-electron chi connectivity index (χ3n) is 2.22. The molecule has 4 heteroatoms. The molecule has 0 saturated heterocycles. The van der Waals surface area contributed by atoms with Crippen molar-refractivity contribution in [1.82, 2.24) is 4.90 Å². The van der Waals surface area contributed by atoms with Crippen molar-refractivity contribution in [2.75, 3.05) is 20.1 Å². The monoisotopic (exact) mass is 247 g/mol. The van der Waals surface area contributed by atoms with Crippen LogP contribution in [0.1, 0.15) is 17.4 Å². The maximum absolute atomic E-state index is 8.75. The van der Waals surface area contributed by atoms with Crippen LogP contribution in [-0.2, 0) is 6.54 Å². The minimum atomic E-state index is 0.0662. The molecule has 3 nitrogen and oxygen atoms in total. The molecule has 0 radical (unpaired) electrons. The Balaban J connectivity index is 2.52. The Hall–Kier alpha value is -1.33. The van der Waals surface area contributed by atoms with E-state index in [1.807, 2.05) is 19.4 Å². The molecule has 90 valence electrons. The number of hydrogen-bond donors (Lipinski definition) is 1. The van der Waals surface area contributed by atoms with Crippen LogP contribution in [0, 0.1) is 29.1 Å². The van der Waals surface area contributed by atoms with Gasteiger partial charge in [-0.1, -0.05) is 11.8 Å². The lowest BCUT2D eigenvalue weighted by Gasteiger charge is -2.16. The molecule has 1 rings (SSSR count). The molecule has 0 saturated carbocycles. The van der Waals surface area contributed by atoms with Crippen LogP contribution >= 0.6 is 11.3 Å². The van der Waals surface area contributed by atoms with Gasteiger partial charge in [0.2, 0.25) is 0 Å². The van der Waals surface area contributed by atoms with E-state index in [4.69, 9.17) is 11.0 Å². The summed E-state index contributed by atoms with van der Waals surface area (Å²) in [5, 5.41) is 10.8. The smallest absolute Gasteiger partial charge is 0.0666 e. The molecule has 0 aliphatic carbocycles. The van der Waals surface area contributed by atoms with Crippen LogP contribution in [0.2, 0.25) is 0 Å². The molecule has 0 fully saturated rings. The normalized spacial score (nSPS) is 11.7. The van der Waals surface area contributed by atoms with Gasteiger partial charge in [-0.2, -0.15) is 5.26 Å². The first kappa shape index (κ1) is 13.7. The zero-order chi connectivity index (χ0) is 12.7. The van der Waals surface area contributed by atoms with E-state index >= 15 is 0 Å². The van der Waals surface area contributed by atoms with E-state index in [1.165, 1.54) is 4.88 Å². The van der Waals surface area contributed by atoms with E-state index in [0.717, 1.165) is 18.7 Å². The van der Waals surface area contributed by atoms with Gasteiger partial charge >= 0.3 is 0 Å². The number of rotatable bonds is 4. The third-order valence-corrected chi connectivity index (χ3v) is 3.14. The fourth-order valence-electron chi connectivity index (χ4n) is 1.52.